The van der Waals surface area contributed by atoms with Gasteiger partial charge in [0.1, 0.15) is 6.54 Å². The molecular weight excluding hydrogens is 252 g/mol. The lowest BCUT2D eigenvalue weighted by molar-refractivity contribution is -0.145. The minimum atomic E-state index is -1.08. The van der Waals surface area contributed by atoms with Crippen molar-refractivity contribution in [2.75, 3.05) is 25.0 Å². The lowest BCUT2D eigenvalue weighted by atomic mass is 10.1. The van der Waals surface area contributed by atoms with Gasteiger partial charge < -0.3 is 14.9 Å². The molecular formula is C11H14N4O4. The van der Waals surface area contributed by atoms with Crippen molar-refractivity contribution in [3.8, 4) is 0 Å². The number of aromatic nitrogens is 2. The summed E-state index contributed by atoms with van der Waals surface area (Å²) in [5.74, 6) is -2.08. The molecule has 1 aromatic rings. The minimum absolute atomic E-state index is 0.0912. The maximum Gasteiger partial charge on any atom is 0.323 e. The number of H-pyrrole nitrogens is 1. The van der Waals surface area contributed by atoms with Crippen molar-refractivity contribution in [1.82, 2.24) is 15.1 Å². The fourth-order valence-electron chi connectivity index (χ4n) is 2.11. The van der Waals surface area contributed by atoms with E-state index in [4.69, 9.17) is 5.11 Å². The van der Waals surface area contributed by atoms with Gasteiger partial charge in [-0.25, -0.2) is 0 Å². The summed E-state index contributed by atoms with van der Waals surface area (Å²) < 4.78 is 0. The van der Waals surface area contributed by atoms with Crippen LogP contribution < -0.4 is 4.90 Å². The van der Waals surface area contributed by atoms with Gasteiger partial charge in [-0.15, -0.1) is 0 Å². The van der Waals surface area contributed by atoms with Crippen molar-refractivity contribution in [3.63, 3.8) is 0 Å². The molecule has 0 saturated carbocycles. The number of carbonyl (C=O) groups is 3. The van der Waals surface area contributed by atoms with Crippen LogP contribution >= 0.6 is 0 Å². The number of hydrogen-bond acceptors (Lipinski definition) is 4. The molecule has 19 heavy (non-hydrogen) atoms. The van der Waals surface area contributed by atoms with Gasteiger partial charge in [-0.2, -0.15) is 5.10 Å². The van der Waals surface area contributed by atoms with Gasteiger partial charge in [0.25, 0.3) is 0 Å². The molecule has 1 saturated heterocycles. The zero-order valence-corrected chi connectivity index (χ0v) is 10.4. The number of carboxylic acids is 1. The Morgan fingerprint density at radius 3 is 2.95 bits per heavy atom. The van der Waals surface area contributed by atoms with Crippen molar-refractivity contribution in [1.29, 1.82) is 0 Å². The van der Waals surface area contributed by atoms with E-state index in [1.807, 2.05) is 0 Å². The van der Waals surface area contributed by atoms with Crippen LogP contribution in [0.5, 0.6) is 0 Å². The van der Waals surface area contributed by atoms with Gasteiger partial charge in [-0.05, 0) is 0 Å². The number of nitrogens with zero attached hydrogens (tertiary/aromatic N) is 3. The third kappa shape index (κ3) is 2.72. The Balaban J connectivity index is 2.02. The quantitative estimate of drug-likeness (QED) is 0.749. The van der Waals surface area contributed by atoms with Crippen molar-refractivity contribution in [3.05, 3.63) is 12.4 Å². The Morgan fingerprint density at radius 2 is 2.37 bits per heavy atom. The van der Waals surface area contributed by atoms with Gasteiger partial charge in [0.15, 0.2) is 0 Å². The number of carboxylic acid groups (broad SMARTS) is 1. The first-order valence-electron chi connectivity index (χ1n) is 5.75. The molecule has 2 rings (SSSR count). The number of carbonyl (C=O) groups excluding carboxylic acids is 2. The van der Waals surface area contributed by atoms with Crippen LogP contribution in [0.4, 0.5) is 5.69 Å². The lowest BCUT2D eigenvalue weighted by Crippen LogP contribution is -2.37. The van der Waals surface area contributed by atoms with Crippen molar-refractivity contribution in [2.24, 2.45) is 5.92 Å². The molecule has 0 spiro atoms. The number of likely N-dealkylation sites (N-methyl/N-ethyl adjacent to an activating group) is 1. The number of amides is 2. The fraction of sp³-hybridized carbons (Fsp3) is 0.455. The van der Waals surface area contributed by atoms with Crippen LogP contribution in [0.2, 0.25) is 0 Å². The third-order valence-corrected chi connectivity index (χ3v) is 3.02. The summed E-state index contributed by atoms with van der Waals surface area (Å²) in [5.41, 5.74) is 0.612. The largest absolute Gasteiger partial charge is 0.480 e. The van der Waals surface area contributed by atoms with E-state index in [2.05, 4.69) is 10.2 Å². The standard InChI is InChI=1S/C11H14N4O4/c1-14(6-10(17)18)11(19)7-2-9(16)15(5-7)8-3-12-13-4-8/h3-4,7H,2,5-6H2,1H3,(H,12,13)(H,17,18). The molecule has 1 aromatic heterocycles. The van der Waals surface area contributed by atoms with E-state index in [0.29, 0.717) is 5.69 Å². The number of hydrogen-bond donors (Lipinski definition) is 2. The van der Waals surface area contributed by atoms with Crippen LogP contribution in [0.15, 0.2) is 12.4 Å². The lowest BCUT2D eigenvalue weighted by Gasteiger charge is -2.19. The first kappa shape index (κ1) is 13.1. The molecule has 0 aliphatic carbocycles. The van der Waals surface area contributed by atoms with E-state index < -0.39 is 11.9 Å². The third-order valence-electron chi connectivity index (χ3n) is 3.02. The Hall–Kier alpha value is -2.38. The Kier molecular flexibility index (Phi) is 3.50. The molecule has 2 N–H and O–H groups in total. The summed E-state index contributed by atoms with van der Waals surface area (Å²) in [6.07, 6.45) is 3.17. The smallest absolute Gasteiger partial charge is 0.323 e. The van der Waals surface area contributed by atoms with Crippen LogP contribution in [0, 0.1) is 5.92 Å². The number of nitrogens with one attached hydrogen (secondary N) is 1. The number of aromatic amines is 1. The summed E-state index contributed by atoms with van der Waals surface area (Å²) >= 11 is 0. The van der Waals surface area contributed by atoms with Gasteiger partial charge in [0, 0.05) is 26.2 Å². The van der Waals surface area contributed by atoms with E-state index in [9.17, 15) is 14.4 Å². The highest BCUT2D eigenvalue weighted by molar-refractivity contribution is 6.00. The van der Waals surface area contributed by atoms with Gasteiger partial charge in [-0.3, -0.25) is 19.5 Å². The molecule has 0 aromatic carbocycles. The van der Waals surface area contributed by atoms with Crippen molar-refractivity contribution in [2.45, 2.75) is 6.42 Å². The van der Waals surface area contributed by atoms with E-state index >= 15 is 0 Å². The molecule has 1 aliphatic rings. The van der Waals surface area contributed by atoms with Crippen LogP contribution in [-0.2, 0) is 14.4 Å². The monoisotopic (exact) mass is 266 g/mol. The maximum atomic E-state index is 12.0. The molecule has 2 heterocycles. The Morgan fingerprint density at radius 1 is 1.63 bits per heavy atom. The first-order valence-corrected chi connectivity index (χ1v) is 5.75. The molecule has 1 unspecified atom stereocenters. The SMILES string of the molecule is CN(CC(=O)O)C(=O)C1CC(=O)N(c2cn[nH]c2)C1. The summed E-state index contributed by atoms with van der Waals surface area (Å²) in [6.45, 7) is -0.115. The van der Waals surface area contributed by atoms with Gasteiger partial charge >= 0.3 is 5.97 Å². The summed E-state index contributed by atoms with van der Waals surface area (Å²) in [5, 5.41) is 15.0. The zero-order chi connectivity index (χ0) is 14.0. The maximum absolute atomic E-state index is 12.0. The predicted molar refractivity (Wildman–Crippen MR) is 64.3 cm³/mol. The molecule has 1 fully saturated rings. The van der Waals surface area contributed by atoms with E-state index in [0.717, 1.165) is 4.90 Å². The molecule has 1 aliphatic heterocycles. The molecule has 0 radical (unpaired) electrons. The highest BCUT2D eigenvalue weighted by Gasteiger charge is 2.37. The number of aliphatic carboxylic acids is 1. The minimum Gasteiger partial charge on any atom is -0.480 e. The summed E-state index contributed by atoms with van der Waals surface area (Å²) in [4.78, 5) is 37.0. The number of anilines is 1. The van der Waals surface area contributed by atoms with Gasteiger partial charge in [-0.1, -0.05) is 0 Å². The van der Waals surface area contributed by atoms with Crippen molar-refractivity contribution < 1.29 is 19.5 Å². The molecule has 8 nitrogen and oxygen atoms in total. The van der Waals surface area contributed by atoms with E-state index in [1.54, 1.807) is 6.20 Å². The van der Waals surface area contributed by atoms with E-state index in [1.165, 1.54) is 18.1 Å². The number of rotatable bonds is 4. The van der Waals surface area contributed by atoms with Crippen LogP contribution in [0.25, 0.3) is 0 Å². The Bertz CT molecular complexity index is 499. The normalized spacial score (nSPS) is 18.7. The summed E-state index contributed by atoms with van der Waals surface area (Å²) in [7, 11) is 1.42. The fourth-order valence-corrected chi connectivity index (χ4v) is 2.11. The molecule has 0 bridgehead atoms. The highest BCUT2D eigenvalue weighted by Crippen LogP contribution is 2.25. The average Bonchev–Trinajstić information content (AvgIpc) is 2.95. The second-order valence-corrected chi connectivity index (χ2v) is 4.45. The van der Waals surface area contributed by atoms with Crippen LogP contribution in [0.3, 0.4) is 0 Å². The summed E-state index contributed by atoms with van der Waals surface area (Å²) in [6, 6.07) is 0. The van der Waals surface area contributed by atoms with Crippen LogP contribution in [0.1, 0.15) is 6.42 Å². The molecule has 2 amide bonds. The van der Waals surface area contributed by atoms with Gasteiger partial charge in [0.2, 0.25) is 11.8 Å². The molecule has 1 atom stereocenters. The Labute approximate surface area is 109 Å². The predicted octanol–water partition coefficient (Wildman–Crippen LogP) is -0.694. The van der Waals surface area contributed by atoms with E-state index in [-0.39, 0.29) is 31.3 Å². The topological polar surface area (TPSA) is 107 Å². The van der Waals surface area contributed by atoms with Gasteiger partial charge in [0.05, 0.1) is 17.8 Å². The second kappa shape index (κ2) is 5.09. The first-order chi connectivity index (χ1) is 8.99. The molecule has 102 valence electrons. The van der Waals surface area contributed by atoms with Crippen molar-refractivity contribution >= 4 is 23.5 Å². The zero-order valence-electron chi connectivity index (χ0n) is 10.4. The highest BCUT2D eigenvalue weighted by atomic mass is 16.4. The van der Waals surface area contributed by atoms with Crippen LogP contribution in [-0.4, -0.2) is 58.1 Å². The average molecular weight is 266 g/mol. The molecule has 8 heteroatoms. The second-order valence-electron chi connectivity index (χ2n) is 4.45.